The SMILES string of the molecule is COCC(C)NS(=O)(=O)c1ccc(NC(=O)c2ccccc2Cl)cc1. The highest BCUT2D eigenvalue weighted by atomic mass is 35.5. The minimum Gasteiger partial charge on any atom is -0.383 e. The normalized spacial score (nSPS) is 12.6. The molecule has 2 rings (SSSR count). The van der Waals surface area contributed by atoms with E-state index in [0.29, 0.717) is 16.3 Å². The third kappa shape index (κ3) is 5.27. The summed E-state index contributed by atoms with van der Waals surface area (Å²) in [5, 5.41) is 3.02. The van der Waals surface area contributed by atoms with E-state index in [1.807, 2.05) is 0 Å². The maximum atomic E-state index is 12.2. The van der Waals surface area contributed by atoms with Gasteiger partial charge in [-0.25, -0.2) is 13.1 Å². The van der Waals surface area contributed by atoms with Crippen LogP contribution < -0.4 is 10.0 Å². The van der Waals surface area contributed by atoms with Crippen LogP contribution in [-0.2, 0) is 14.8 Å². The van der Waals surface area contributed by atoms with Crippen molar-refractivity contribution in [2.45, 2.75) is 17.9 Å². The van der Waals surface area contributed by atoms with Crippen LogP contribution in [0.25, 0.3) is 0 Å². The maximum absolute atomic E-state index is 12.2. The van der Waals surface area contributed by atoms with Crippen molar-refractivity contribution in [2.24, 2.45) is 0 Å². The number of sulfonamides is 1. The molecule has 2 aromatic carbocycles. The third-order valence-electron chi connectivity index (χ3n) is 3.31. The van der Waals surface area contributed by atoms with Crippen LogP contribution in [0.5, 0.6) is 0 Å². The summed E-state index contributed by atoms with van der Waals surface area (Å²) >= 11 is 5.99. The van der Waals surface area contributed by atoms with Gasteiger partial charge in [-0.3, -0.25) is 4.79 Å². The van der Waals surface area contributed by atoms with Gasteiger partial charge in [0.1, 0.15) is 0 Å². The van der Waals surface area contributed by atoms with E-state index in [0.717, 1.165) is 0 Å². The molecule has 0 bridgehead atoms. The van der Waals surface area contributed by atoms with E-state index in [4.69, 9.17) is 16.3 Å². The smallest absolute Gasteiger partial charge is 0.257 e. The topological polar surface area (TPSA) is 84.5 Å². The molecule has 0 aliphatic heterocycles. The molecular weight excluding hydrogens is 364 g/mol. The molecule has 25 heavy (non-hydrogen) atoms. The molecule has 8 heteroatoms. The number of halogens is 1. The zero-order valence-electron chi connectivity index (χ0n) is 13.8. The van der Waals surface area contributed by atoms with E-state index in [-0.39, 0.29) is 23.5 Å². The Kier molecular flexibility index (Phi) is 6.55. The number of ether oxygens (including phenoxy) is 1. The Morgan fingerprint density at radius 1 is 1.16 bits per heavy atom. The Morgan fingerprint density at radius 2 is 1.80 bits per heavy atom. The van der Waals surface area contributed by atoms with E-state index in [9.17, 15) is 13.2 Å². The van der Waals surface area contributed by atoms with Crippen molar-refractivity contribution < 1.29 is 17.9 Å². The third-order valence-corrected chi connectivity index (χ3v) is 5.25. The van der Waals surface area contributed by atoms with Gasteiger partial charge >= 0.3 is 0 Å². The van der Waals surface area contributed by atoms with E-state index < -0.39 is 10.0 Å². The molecule has 0 fully saturated rings. The fraction of sp³-hybridized carbons (Fsp3) is 0.235. The average Bonchev–Trinajstić information content (AvgIpc) is 2.55. The highest BCUT2D eigenvalue weighted by Gasteiger charge is 2.17. The van der Waals surface area contributed by atoms with Crippen LogP contribution in [0.1, 0.15) is 17.3 Å². The van der Waals surface area contributed by atoms with Crippen LogP contribution in [0, 0.1) is 0 Å². The standard InChI is InChI=1S/C17H19ClN2O4S/c1-12(11-24-2)20-25(22,23)14-9-7-13(8-10-14)19-17(21)15-5-3-4-6-16(15)18/h3-10,12,20H,11H2,1-2H3,(H,19,21). The van der Waals surface area contributed by atoms with Gasteiger partial charge in [0.2, 0.25) is 10.0 Å². The Hall–Kier alpha value is -1.93. The summed E-state index contributed by atoms with van der Waals surface area (Å²) in [6.45, 7) is 1.98. The number of methoxy groups -OCH3 is 1. The highest BCUT2D eigenvalue weighted by molar-refractivity contribution is 7.89. The summed E-state index contributed by atoms with van der Waals surface area (Å²) in [6, 6.07) is 12.2. The zero-order chi connectivity index (χ0) is 18.4. The average molecular weight is 383 g/mol. The van der Waals surface area contributed by atoms with Crippen molar-refractivity contribution >= 4 is 33.2 Å². The molecule has 0 spiro atoms. The van der Waals surface area contributed by atoms with Crippen molar-refractivity contribution in [1.29, 1.82) is 0 Å². The molecule has 1 atom stereocenters. The number of nitrogens with one attached hydrogen (secondary N) is 2. The van der Waals surface area contributed by atoms with Gasteiger partial charge in [0.05, 0.1) is 22.1 Å². The molecule has 1 unspecified atom stereocenters. The zero-order valence-corrected chi connectivity index (χ0v) is 15.4. The lowest BCUT2D eigenvalue weighted by Crippen LogP contribution is -2.35. The van der Waals surface area contributed by atoms with Gasteiger partial charge in [-0.1, -0.05) is 23.7 Å². The van der Waals surface area contributed by atoms with Gasteiger partial charge in [0.25, 0.3) is 5.91 Å². The molecule has 2 N–H and O–H groups in total. The van der Waals surface area contributed by atoms with Gasteiger partial charge in [0.15, 0.2) is 0 Å². The lowest BCUT2D eigenvalue weighted by Gasteiger charge is -2.13. The maximum Gasteiger partial charge on any atom is 0.257 e. The number of amides is 1. The molecule has 2 aromatic rings. The second-order valence-corrected chi connectivity index (χ2v) is 7.56. The van der Waals surface area contributed by atoms with Crippen molar-refractivity contribution in [2.75, 3.05) is 19.0 Å². The van der Waals surface area contributed by atoms with Crippen LogP contribution in [0.2, 0.25) is 5.02 Å². The van der Waals surface area contributed by atoms with E-state index in [2.05, 4.69) is 10.0 Å². The molecule has 0 saturated carbocycles. The number of hydrogen-bond donors (Lipinski definition) is 2. The van der Waals surface area contributed by atoms with Crippen molar-refractivity contribution in [3.05, 3.63) is 59.1 Å². The largest absolute Gasteiger partial charge is 0.383 e. The second-order valence-electron chi connectivity index (χ2n) is 5.44. The summed E-state index contributed by atoms with van der Waals surface area (Å²) < 4.78 is 31.9. The Morgan fingerprint density at radius 3 is 2.40 bits per heavy atom. The first-order valence-electron chi connectivity index (χ1n) is 7.50. The molecule has 134 valence electrons. The Bertz CT molecular complexity index is 838. The fourth-order valence-electron chi connectivity index (χ4n) is 2.18. The van der Waals surface area contributed by atoms with Gasteiger partial charge in [-0.05, 0) is 43.3 Å². The number of anilines is 1. The second kappa shape index (κ2) is 8.44. The van der Waals surface area contributed by atoms with E-state index in [1.54, 1.807) is 31.2 Å². The van der Waals surface area contributed by atoms with Crippen molar-refractivity contribution in [1.82, 2.24) is 4.72 Å². The number of carbonyl (C=O) groups excluding carboxylic acids is 1. The minimum atomic E-state index is -3.65. The van der Waals surface area contributed by atoms with Crippen LogP contribution in [-0.4, -0.2) is 34.1 Å². The van der Waals surface area contributed by atoms with E-state index in [1.165, 1.54) is 31.4 Å². The molecule has 0 saturated heterocycles. The fourth-order valence-corrected chi connectivity index (χ4v) is 3.63. The van der Waals surface area contributed by atoms with E-state index >= 15 is 0 Å². The van der Waals surface area contributed by atoms with Crippen LogP contribution in [0.15, 0.2) is 53.4 Å². The Labute approximate surface area is 152 Å². The lowest BCUT2D eigenvalue weighted by atomic mass is 10.2. The number of hydrogen-bond acceptors (Lipinski definition) is 4. The summed E-state index contributed by atoms with van der Waals surface area (Å²) in [4.78, 5) is 12.3. The van der Waals surface area contributed by atoms with Crippen LogP contribution >= 0.6 is 11.6 Å². The summed E-state index contributed by atoms with van der Waals surface area (Å²) in [5.74, 6) is -0.368. The Balaban J connectivity index is 2.09. The summed E-state index contributed by atoms with van der Waals surface area (Å²) in [5.41, 5.74) is 0.810. The predicted octanol–water partition coefficient (Wildman–Crippen LogP) is 2.91. The number of carbonyl (C=O) groups is 1. The molecule has 6 nitrogen and oxygen atoms in total. The number of rotatable bonds is 7. The number of benzene rings is 2. The lowest BCUT2D eigenvalue weighted by molar-refractivity contribution is 0.102. The van der Waals surface area contributed by atoms with Crippen LogP contribution in [0.4, 0.5) is 5.69 Å². The summed E-state index contributed by atoms with van der Waals surface area (Å²) in [6.07, 6.45) is 0. The first-order valence-corrected chi connectivity index (χ1v) is 9.37. The molecule has 0 radical (unpaired) electrons. The highest BCUT2D eigenvalue weighted by Crippen LogP contribution is 2.18. The molecular formula is C17H19ClN2O4S. The first-order chi connectivity index (χ1) is 11.8. The molecule has 0 aliphatic rings. The predicted molar refractivity (Wildman–Crippen MR) is 97.5 cm³/mol. The van der Waals surface area contributed by atoms with Gasteiger partial charge in [-0.15, -0.1) is 0 Å². The first kappa shape index (κ1) is 19.4. The molecule has 1 amide bonds. The summed E-state index contributed by atoms with van der Waals surface area (Å²) in [7, 11) is -2.15. The van der Waals surface area contributed by atoms with Crippen molar-refractivity contribution in [3.8, 4) is 0 Å². The van der Waals surface area contributed by atoms with Gasteiger partial charge in [0, 0.05) is 18.8 Å². The molecule has 0 heterocycles. The quantitative estimate of drug-likeness (QED) is 0.771. The molecule has 0 aliphatic carbocycles. The monoisotopic (exact) mass is 382 g/mol. The molecule has 0 aromatic heterocycles. The van der Waals surface area contributed by atoms with Crippen molar-refractivity contribution in [3.63, 3.8) is 0 Å². The van der Waals surface area contributed by atoms with Crippen LogP contribution in [0.3, 0.4) is 0 Å². The van der Waals surface area contributed by atoms with Gasteiger partial charge in [-0.2, -0.15) is 0 Å². The van der Waals surface area contributed by atoms with Gasteiger partial charge < -0.3 is 10.1 Å². The minimum absolute atomic E-state index is 0.103.